The lowest BCUT2D eigenvalue weighted by Gasteiger charge is -2.08. The van der Waals surface area contributed by atoms with Crippen molar-refractivity contribution in [1.29, 1.82) is 0 Å². The molecule has 0 aromatic carbocycles. The van der Waals surface area contributed by atoms with Gasteiger partial charge < -0.3 is 30.0 Å². The van der Waals surface area contributed by atoms with Crippen LogP contribution in [-0.2, 0) is 28.6 Å². The maximum absolute atomic E-state index is 11.9. The predicted molar refractivity (Wildman–Crippen MR) is 145 cm³/mol. The molecule has 0 aliphatic carbocycles. The van der Waals surface area contributed by atoms with Crippen molar-refractivity contribution < 1.29 is 33.7 Å². The maximum Gasteiger partial charge on any atom is 0.303 e. The van der Waals surface area contributed by atoms with Gasteiger partial charge >= 0.3 is 5.97 Å². The van der Waals surface area contributed by atoms with Crippen LogP contribution in [0.1, 0.15) is 89.9 Å². The van der Waals surface area contributed by atoms with Gasteiger partial charge in [0.25, 0.3) is 0 Å². The summed E-state index contributed by atoms with van der Waals surface area (Å²) in [5.74, 6) is -0.662. The number of carbonyl (C=O) groups excluding carboxylic acids is 2. The van der Waals surface area contributed by atoms with Gasteiger partial charge in [-0.25, -0.2) is 0 Å². The highest BCUT2D eigenvalue weighted by molar-refractivity contribution is 9.09. The van der Waals surface area contributed by atoms with E-state index in [1.54, 1.807) is 0 Å². The van der Waals surface area contributed by atoms with Gasteiger partial charge in [0, 0.05) is 25.9 Å². The lowest BCUT2D eigenvalue weighted by atomic mass is 10.0. The summed E-state index contributed by atoms with van der Waals surface area (Å²) in [5.41, 5.74) is 0. The SMILES string of the molecule is O=C(O)CCCCCCCCCCCCCCC(=O)NCCOCCOCCOCCNC(=O)CBr. The quantitative estimate of drug-likeness (QED) is 0.0935. The molecule has 0 rings (SSSR count). The van der Waals surface area contributed by atoms with E-state index in [0.717, 1.165) is 32.1 Å². The summed E-state index contributed by atoms with van der Waals surface area (Å²) >= 11 is 3.07. The largest absolute Gasteiger partial charge is 0.481 e. The molecule has 3 N–H and O–H groups in total. The predicted octanol–water partition coefficient (Wildman–Crippen LogP) is 4.21. The Kier molecular flexibility index (Phi) is 27.4. The number of carboxylic acids is 1. The normalized spacial score (nSPS) is 10.9. The molecule has 0 aromatic heterocycles. The number of aliphatic carboxylic acids is 1. The molecule has 0 spiro atoms. The molecule has 0 bridgehead atoms. The van der Waals surface area contributed by atoms with E-state index in [-0.39, 0.29) is 11.8 Å². The van der Waals surface area contributed by atoms with Crippen molar-refractivity contribution in [3.05, 3.63) is 0 Å². The number of hydrogen-bond acceptors (Lipinski definition) is 6. The first-order valence-corrected chi connectivity index (χ1v) is 14.7. The van der Waals surface area contributed by atoms with Crippen LogP contribution in [0.15, 0.2) is 0 Å². The molecule has 0 aromatic rings. The van der Waals surface area contributed by atoms with Gasteiger partial charge in [0.1, 0.15) is 0 Å². The second-order valence-electron chi connectivity index (χ2n) is 8.81. The molecular weight excluding hydrogens is 532 g/mol. The van der Waals surface area contributed by atoms with Gasteiger partial charge in [-0.2, -0.15) is 0 Å². The molecule has 0 saturated carbocycles. The number of amides is 2. The standard InChI is InChI=1S/C26H49BrN2O7/c27-23-25(31)29-16-18-35-20-22-36-21-19-34-17-15-28-24(30)13-11-9-7-5-3-1-2-4-6-8-10-12-14-26(32)33/h1-23H2,(H,28,30)(H,29,31)(H,32,33). The van der Waals surface area contributed by atoms with Crippen molar-refractivity contribution >= 4 is 33.7 Å². The van der Waals surface area contributed by atoms with Gasteiger partial charge in [-0.3, -0.25) is 14.4 Å². The summed E-state index contributed by atoms with van der Waals surface area (Å²) in [7, 11) is 0. The van der Waals surface area contributed by atoms with Crippen molar-refractivity contribution in [2.75, 3.05) is 58.1 Å². The Morgan fingerprint density at radius 3 is 1.31 bits per heavy atom. The minimum Gasteiger partial charge on any atom is -0.481 e. The minimum absolute atomic E-state index is 0.0580. The van der Waals surface area contributed by atoms with Crippen LogP contribution in [0.5, 0.6) is 0 Å². The smallest absolute Gasteiger partial charge is 0.303 e. The van der Waals surface area contributed by atoms with Gasteiger partial charge in [0.15, 0.2) is 0 Å². The van der Waals surface area contributed by atoms with Crippen LogP contribution >= 0.6 is 15.9 Å². The second-order valence-corrected chi connectivity index (χ2v) is 9.37. The average molecular weight is 582 g/mol. The van der Waals surface area contributed by atoms with Crippen molar-refractivity contribution in [3.63, 3.8) is 0 Å². The van der Waals surface area contributed by atoms with E-state index >= 15 is 0 Å². The van der Waals surface area contributed by atoms with Crippen LogP contribution < -0.4 is 10.6 Å². The summed E-state index contributed by atoms with van der Waals surface area (Å²) in [6.45, 7) is 3.84. The summed E-state index contributed by atoms with van der Waals surface area (Å²) in [5, 5.41) is 14.5. The van der Waals surface area contributed by atoms with Crippen LogP contribution in [0, 0.1) is 0 Å². The average Bonchev–Trinajstić information content (AvgIpc) is 2.86. The zero-order chi connectivity index (χ0) is 26.5. The third kappa shape index (κ3) is 29.0. The zero-order valence-electron chi connectivity index (χ0n) is 22.0. The summed E-state index contributed by atoms with van der Waals surface area (Å²) < 4.78 is 16.2. The van der Waals surface area contributed by atoms with Gasteiger partial charge in [-0.1, -0.05) is 80.1 Å². The first-order chi connectivity index (χ1) is 17.6. The fourth-order valence-electron chi connectivity index (χ4n) is 3.53. The number of halogens is 1. The Morgan fingerprint density at radius 1 is 0.528 bits per heavy atom. The summed E-state index contributed by atoms with van der Waals surface area (Å²) in [6, 6.07) is 0. The third-order valence-electron chi connectivity index (χ3n) is 5.55. The van der Waals surface area contributed by atoms with Crippen LogP contribution in [-0.4, -0.2) is 81.0 Å². The lowest BCUT2D eigenvalue weighted by Crippen LogP contribution is -2.28. The first kappa shape index (κ1) is 34.8. The van der Waals surface area contributed by atoms with Crippen LogP contribution in [0.25, 0.3) is 0 Å². The fourth-order valence-corrected chi connectivity index (χ4v) is 3.73. The Labute approximate surface area is 225 Å². The molecule has 0 radical (unpaired) electrons. The van der Waals surface area contributed by atoms with Crippen molar-refractivity contribution in [1.82, 2.24) is 10.6 Å². The van der Waals surface area contributed by atoms with E-state index < -0.39 is 5.97 Å². The molecule has 0 aliphatic rings. The topological polar surface area (TPSA) is 123 Å². The number of unbranched alkanes of at least 4 members (excludes halogenated alkanes) is 11. The first-order valence-electron chi connectivity index (χ1n) is 13.6. The van der Waals surface area contributed by atoms with E-state index in [1.165, 1.54) is 44.9 Å². The van der Waals surface area contributed by atoms with Crippen LogP contribution in [0.3, 0.4) is 0 Å². The van der Waals surface area contributed by atoms with Crippen LogP contribution in [0.2, 0.25) is 0 Å². The van der Waals surface area contributed by atoms with E-state index in [0.29, 0.717) is 70.9 Å². The van der Waals surface area contributed by atoms with Crippen LogP contribution in [0.4, 0.5) is 0 Å². The Hall–Kier alpha value is -1.23. The fraction of sp³-hybridized carbons (Fsp3) is 0.885. The van der Waals surface area contributed by atoms with E-state index in [4.69, 9.17) is 19.3 Å². The second kappa shape index (κ2) is 28.3. The van der Waals surface area contributed by atoms with Gasteiger partial charge in [0.2, 0.25) is 11.8 Å². The highest BCUT2D eigenvalue weighted by Gasteiger charge is 2.01. The zero-order valence-corrected chi connectivity index (χ0v) is 23.6. The number of ether oxygens (including phenoxy) is 3. The third-order valence-corrected chi connectivity index (χ3v) is 6.06. The highest BCUT2D eigenvalue weighted by Crippen LogP contribution is 2.13. The summed E-state index contributed by atoms with van der Waals surface area (Å²) in [4.78, 5) is 33.3. The molecule has 10 heteroatoms. The number of rotatable bonds is 28. The van der Waals surface area contributed by atoms with Crippen molar-refractivity contribution in [3.8, 4) is 0 Å². The Morgan fingerprint density at radius 2 is 0.889 bits per heavy atom. The van der Waals surface area contributed by atoms with E-state index in [1.807, 2.05) is 0 Å². The number of alkyl halides is 1. The number of carbonyl (C=O) groups is 3. The molecule has 0 fully saturated rings. The molecule has 36 heavy (non-hydrogen) atoms. The Balaban J connectivity index is 3.18. The lowest BCUT2D eigenvalue weighted by molar-refractivity contribution is -0.137. The van der Waals surface area contributed by atoms with E-state index in [9.17, 15) is 14.4 Å². The summed E-state index contributed by atoms with van der Waals surface area (Å²) in [6.07, 6.45) is 14.6. The molecule has 2 amide bonds. The van der Waals surface area contributed by atoms with Gasteiger partial charge in [0.05, 0.1) is 45.0 Å². The number of nitrogens with one attached hydrogen (secondary N) is 2. The number of carboxylic acid groups (broad SMARTS) is 1. The maximum atomic E-state index is 11.9. The molecular formula is C26H49BrN2O7. The van der Waals surface area contributed by atoms with E-state index in [2.05, 4.69) is 26.6 Å². The Bertz CT molecular complexity index is 538. The van der Waals surface area contributed by atoms with Gasteiger partial charge in [-0.05, 0) is 12.8 Å². The van der Waals surface area contributed by atoms with Gasteiger partial charge in [-0.15, -0.1) is 0 Å². The molecule has 0 heterocycles. The van der Waals surface area contributed by atoms with Crippen molar-refractivity contribution in [2.24, 2.45) is 0 Å². The molecule has 0 atom stereocenters. The van der Waals surface area contributed by atoms with Crippen molar-refractivity contribution in [2.45, 2.75) is 89.9 Å². The molecule has 9 nitrogen and oxygen atoms in total. The minimum atomic E-state index is -0.690. The monoisotopic (exact) mass is 580 g/mol. The molecule has 0 saturated heterocycles. The molecule has 212 valence electrons. The highest BCUT2D eigenvalue weighted by atomic mass is 79.9. The number of hydrogen-bond donors (Lipinski definition) is 3. The molecule has 0 aliphatic heterocycles. The molecule has 0 unspecified atom stereocenters.